The molecule has 0 aliphatic rings. The molecule has 1 unspecified atom stereocenters. The summed E-state index contributed by atoms with van der Waals surface area (Å²) < 4.78 is 0. The number of rotatable bonds is 7. The standard InChI is InChI=1S/C22H23N3O/c1-17-8-5-6-12-20(17)25-21(18-9-3-2-4-10-18)13-15-24-22(26)19-11-7-14-23-16-19/h2-12,14,16,21,25H,13,15H2,1H3,(H,24,26). The average molecular weight is 345 g/mol. The molecule has 3 aromatic rings. The van der Waals surface area contributed by atoms with Crippen molar-refractivity contribution in [1.82, 2.24) is 10.3 Å². The Hall–Kier alpha value is -3.14. The largest absolute Gasteiger partial charge is 0.378 e. The molecule has 0 fully saturated rings. The van der Waals surface area contributed by atoms with Crippen molar-refractivity contribution < 1.29 is 4.79 Å². The van der Waals surface area contributed by atoms with Crippen LogP contribution in [0.5, 0.6) is 0 Å². The van der Waals surface area contributed by atoms with Gasteiger partial charge in [0.25, 0.3) is 5.91 Å². The number of benzene rings is 2. The number of amides is 1. The number of aromatic nitrogens is 1. The Morgan fingerprint density at radius 1 is 1.00 bits per heavy atom. The van der Waals surface area contributed by atoms with E-state index in [1.165, 1.54) is 11.1 Å². The lowest BCUT2D eigenvalue weighted by Gasteiger charge is -2.22. The summed E-state index contributed by atoms with van der Waals surface area (Å²) in [6.07, 6.45) is 4.02. The van der Waals surface area contributed by atoms with Gasteiger partial charge in [0.15, 0.2) is 0 Å². The number of hydrogen-bond donors (Lipinski definition) is 2. The van der Waals surface area contributed by atoms with Crippen LogP contribution in [0.25, 0.3) is 0 Å². The molecule has 1 amide bonds. The summed E-state index contributed by atoms with van der Waals surface area (Å²) in [7, 11) is 0. The highest BCUT2D eigenvalue weighted by Crippen LogP contribution is 2.24. The molecule has 1 heterocycles. The number of aryl methyl sites for hydroxylation is 1. The highest BCUT2D eigenvalue weighted by atomic mass is 16.1. The molecule has 3 rings (SSSR count). The molecule has 4 heteroatoms. The minimum atomic E-state index is -0.0965. The van der Waals surface area contributed by atoms with Crippen LogP contribution in [0.15, 0.2) is 79.1 Å². The molecule has 2 N–H and O–H groups in total. The highest BCUT2D eigenvalue weighted by Gasteiger charge is 2.13. The Labute approximate surface area is 154 Å². The van der Waals surface area contributed by atoms with Crippen LogP contribution in [-0.2, 0) is 0 Å². The minimum Gasteiger partial charge on any atom is -0.378 e. The van der Waals surface area contributed by atoms with Gasteiger partial charge in [-0.15, -0.1) is 0 Å². The lowest BCUT2D eigenvalue weighted by Crippen LogP contribution is -2.27. The van der Waals surface area contributed by atoms with Crippen molar-refractivity contribution in [2.75, 3.05) is 11.9 Å². The zero-order chi connectivity index (χ0) is 18.2. The zero-order valence-corrected chi connectivity index (χ0v) is 14.9. The SMILES string of the molecule is Cc1ccccc1NC(CCNC(=O)c1cccnc1)c1ccccc1. The molecule has 0 saturated carbocycles. The Kier molecular flexibility index (Phi) is 5.99. The molecular weight excluding hydrogens is 322 g/mol. The van der Waals surface area contributed by atoms with Gasteiger partial charge in [0.2, 0.25) is 0 Å². The Balaban J connectivity index is 1.66. The number of hydrogen-bond acceptors (Lipinski definition) is 3. The highest BCUT2D eigenvalue weighted by molar-refractivity contribution is 5.93. The molecule has 0 aliphatic carbocycles. The van der Waals surface area contributed by atoms with Crippen molar-refractivity contribution >= 4 is 11.6 Å². The maximum atomic E-state index is 12.2. The number of pyridine rings is 1. The van der Waals surface area contributed by atoms with Crippen LogP contribution < -0.4 is 10.6 Å². The summed E-state index contributed by atoms with van der Waals surface area (Å²) in [6, 6.07) is 22.2. The second-order valence-corrected chi connectivity index (χ2v) is 6.21. The molecule has 2 aromatic carbocycles. The van der Waals surface area contributed by atoms with Gasteiger partial charge < -0.3 is 10.6 Å². The first-order valence-corrected chi connectivity index (χ1v) is 8.79. The second kappa shape index (κ2) is 8.81. The second-order valence-electron chi connectivity index (χ2n) is 6.21. The molecule has 0 radical (unpaired) electrons. The molecule has 1 atom stereocenters. The van der Waals surface area contributed by atoms with Crippen LogP contribution in [0.3, 0.4) is 0 Å². The Bertz CT molecular complexity index is 834. The van der Waals surface area contributed by atoms with E-state index in [9.17, 15) is 4.79 Å². The zero-order valence-electron chi connectivity index (χ0n) is 14.9. The van der Waals surface area contributed by atoms with E-state index in [0.717, 1.165) is 12.1 Å². The summed E-state index contributed by atoms with van der Waals surface area (Å²) in [5.41, 5.74) is 4.09. The fourth-order valence-electron chi connectivity index (χ4n) is 2.86. The third-order valence-corrected chi connectivity index (χ3v) is 4.32. The van der Waals surface area contributed by atoms with Gasteiger partial charge in [0.1, 0.15) is 0 Å². The topological polar surface area (TPSA) is 54.0 Å². The number of carbonyl (C=O) groups is 1. The first-order valence-electron chi connectivity index (χ1n) is 8.79. The van der Waals surface area contributed by atoms with E-state index < -0.39 is 0 Å². The van der Waals surface area contributed by atoms with Crippen molar-refractivity contribution in [3.8, 4) is 0 Å². The van der Waals surface area contributed by atoms with Gasteiger partial charge in [-0.2, -0.15) is 0 Å². The van der Waals surface area contributed by atoms with Crippen LogP contribution in [0.1, 0.15) is 33.9 Å². The van der Waals surface area contributed by atoms with Crippen molar-refractivity contribution in [3.63, 3.8) is 0 Å². The van der Waals surface area contributed by atoms with Gasteiger partial charge in [-0.05, 0) is 42.7 Å². The van der Waals surface area contributed by atoms with Crippen molar-refractivity contribution in [1.29, 1.82) is 0 Å². The molecule has 26 heavy (non-hydrogen) atoms. The van der Waals surface area contributed by atoms with Gasteiger partial charge in [-0.25, -0.2) is 0 Å². The molecule has 0 saturated heterocycles. The van der Waals surface area contributed by atoms with Gasteiger partial charge in [0, 0.05) is 24.6 Å². The van der Waals surface area contributed by atoms with E-state index in [1.54, 1.807) is 24.5 Å². The summed E-state index contributed by atoms with van der Waals surface area (Å²) in [5.74, 6) is -0.0965. The quantitative estimate of drug-likeness (QED) is 0.669. The maximum Gasteiger partial charge on any atom is 0.252 e. The molecule has 132 valence electrons. The Morgan fingerprint density at radius 3 is 2.50 bits per heavy atom. The normalized spacial score (nSPS) is 11.6. The third-order valence-electron chi connectivity index (χ3n) is 4.32. The van der Waals surface area contributed by atoms with Gasteiger partial charge in [-0.3, -0.25) is 9.78 Å². The van der Waals surface area contributed by atoms with E-state index in [-0.39, 0.29) is 11.9 Å². The fraction of sp³-hybridized carbons (Fsp3) is 0.182. The van der Waals surface area contributed by atoms with E-state index in [0.29, 0.717) is 12.1 Å². The molecule has 0 aliphatic heterocycles. The van der Waals surface area contributed by atoms with Crippen molar-refractivity contribution in [2.24, 2.45) is 0 Å². The molecule has 0 spiro atoms. The minimum absolute atomic E-state index is 0.0965. The summed E-state index contributed by atoms with van der Waals surface area (Å²) in [6.45, 7) is 2.67. The monoisotopic (exact) mass is 345 g/mol. The summed E-state index contributed by atoms with van der Waals surface area (Å²) in [5, 5.41) is 6.59. The van der Waals surface area contributed by atoms with Crippen LogP contribution in [0, 0.1) is 6.92 Å². The first kappa shape index (κ1) is 17.7. The van der Waals surface area contributed by atoms with Gasteiger partial charge >= 0.3 is 0 Å². The molecule has 4 nitrogen and oxygen atoms in total. The number of nitrogens with zero attached hydrogens (tertiary/aromatic N) is 1. The Morgan fingerprint density at radius 2 is 1.77 bits per heavy atom. The van der Waals surface area contributed by atoms with Gasteiger partial charge in [0.05, 0.1) is 11.6 Å². The van der Waals surface area contributed by atoms with Crippen LogP contribution in [0.2, 0.25) is 0 Å². The van der Waals surface area contributed by atoms with Gasteiger partial charge in [-0.1, -0.05) is 48.5 Å². The van der Waals surface area contributed by atoms with E-state index in [2.05, 4.69) is 46.8 Å². The number of anilines is 1. The molecule has 0 bridgehead atoms. The lowest BCUT2D eigenvalue weighted by molar-refractivity contribution is 0.0952. The van der Waals surface area contributed by atoms with Crippen molar-refractivity contribution in [2.45, 2.75) is 19.4 Å². The summed E-state index contributed by atoms with van der Waals surface area (Å²) in [4.78, 5) is 16.2. The predicted octanol–water partition coefficient (Wildman–Crippen LogP) is 4.36. The number of nitrogens with one attached hydrogen (secondary N) is 2. The van der Waals surface area contributed by atoms with E-state index in [4.69, 9.17) is 0 Å². The smallest absolute Gasteiger partial charge is 0.252 e. The van der Waals surface area contributed by atoms with Crippen LogP contribution in [0.4, 0.5) is 5.69 Å². The first-order chi connectivity index (χ1) is 12.7. The molecule has 1 aromatic heterocycles. The summed E-state index contributed by atoms with van der Waals surface area (Å²) >= 11 is 0. The van der Waals surface area contributed by atoms with Crippen LogP contribution in [-0.4, -0.2) is 17.4 Å². The average Bonchev–Trinajstić information content (AvgIpc) is 2.70. The molecular formula is C22H23N3O. The number of carbonyl (C=O) groups excluding carboxylic acids is 1. The van der Waals surface area contributed by atoms with E-state index in [1.807, 2.05) is 30.3 Å². The van der Waals surface area contributed by atoms with Crippen LogP contribution >= 0.6 is 0 Å². The predicted molar refractivity (Wildman–Crippen MR) is 105 cm³/mol. The fourth-order valence-corrected chi connectivity index (χ4v) is 2.86. The third kappa shape index (κ3) is 4.70. The lowest BCUT2D eigenvalue weighted by atomic mass is 10.0. The number of para-hydroxylation sites is 1. The van der Waals surface area contributed by atoms with E-state index >= 15 is 0 Å². The maximum absolute atomic E-state index is 12.2. The van der Waals surface area contributed by atoms with Crippen molar-refractivity contribution in [3.05, 3.63) is 95.8 Å².